The minimum atomic E-state index is -0.164. The van der Waals surface area contributed by atoms with Crippen LogP contribution in [0.2, 0.25) is 0 Å². The Labute approximate surface area is 225 Å². The van der Waals surface area contributed by atoms with Gasteiger partial charge in [-0.1, -0.05) is 78.9 Å². The smallest absolute Gasteiger partial charge is 0.279 e. The zero-order valence-corrected chi connectivity index (χ0v) is 21.6. The number of nitrogens with one attached hydrogen (secondary N) is 3. The highest BCUT2D eigenvalue weighted by molar-refractivity contribution is 7.80. The lowest BCUT2D eigenvalue weighted by atomic mass is 10.1. The van der Waals surface area contributed by atoms with E-state index in [1.54, 1.807) is 0 Å². The number of thiocarbonyl (C=S) groups is 1. The Kier molecular flexibility index (Phi) is 7.52. The number of aromatic nitrogens is 2. The van der Waals surface area contributed by atoms with Crippen molar-refractivity contribution in [3.05, 3.63) is 131 Å². The number of hydrazone groups is 1. The Balaban J connectivity index is 1.31. The molecule has 1 aromatic heterocycles. The van der Waals surface area contributed by atoms with Crippen LogP contribution in [0.5, 0.6) is 0 Å². The van der Waals surface area contributed by atoms with Crippen LogP contribution in [-0.4, -0.2) is 20.6 Å². The lowest BCUT2D eigenvalue weighted by molar-refractivity contribution is 0.826. The van der Waals surface area contributed by atoms with Crippen LogP contribution in [0, 0.1) is 0 Å². The number of fused-ring (bicyclic) bond motifs is 1. The topological polar surface area (TPSA) is 83.3 Å². The normalized spacial score (nSPS) is 11.2. The molecule has 5 aromatic rings. The highest BCUT2D eigenvalue weighted by Gasteiger charge is 2.12. The van der Waals surface area contributed by atoms with Gasteiger partial charge >= 0.3 is 0 Å². The summed E-state index contributed by atoms with van der Waals surface area (Å²) in [4.78, 5) is 13.1. The van der Waals surface area contributed by atoms with Gasteiger partial charge in [-0.3, -0.25) is 10.2 Å². The fraction of sp³-hybridized carbons (Fsp3) is 0.0667. The molecule has 0 aliphatic heterocycles. The molecule has 188 valence electrons. The molecule has 38 heavy (non-hydrogen) atoms. The number of benzene rings is 4. The fourth-order valence-corrected chi connectivity index (χ4v) is 4.09. The summed E-state index contributed by atoms with van der Waals surface area (Å²) in [6.45, 7) is 2.54. The first-order chi connectivity index (χ1) is 18.6. The van der Waals surface area contributed by atoms with Gasteiger partial charge in [0.05, 0.1) is 16.8 Å². The van der Waals surface area contributed by atoms with Crippen LogP contribution in [0.1, 0.15) is 18.1 Å². The molecule has 0 atom stereocenters. The van der Waals surface area contributed by atoms with E-state index in [0.29, 0.717) is 28.5 Å². The van der Waals surface area contributed by atoms with Gasteiger partial charge in [-0.05, 0) is 60.6 Å². The molecule has 5 rings (SSSR count). The minimum absolute atomic E-state index is 0.164. The van der Waals surface area contributed by atoms with Gasteiger partial charge < -0.3 is 10.6 Å². The van der Waals surface area contributed by atoms with Crippen LogP contribution >= 0.6 is 12.2 Å². The van der Waals surface area contributed by atoms with E-state index in [0.717, 1.165) is 27.9 Å². The Hall–Kier alpha value is -4.82. The molecule has 1 heterocycles. The van der Waals surface area contributed by atoms with Crippen molar-refractivity contribution in [2.45, 2.75) is 13.5 Å². The number of nitrogens with zero attached hydrogens (tertiary/aromatic N) is 3. The van der Waals surface area contributed by atoms with Gasteiger partial charge in [-0.25, -0.2) is 0 Å². The molecule has 4 aromatic carbocycles. The zero-order valence-electron chi connectivity index (χ0n) is 20.8. The van der Waals surface area contributed by atoms with Crippen LogP contribution in [0.15, 0.2) is 119 Å². The fourth-order valence-electron chi connectivity index (χ4n) is 3.97. The van der Waals surface area contributed by atoms with Gasteiger partial charge in [0.2, 0.25) is 0 Å². The molecule has 0 unspecified atom stereocenters. The van der Waals surface area contributed by atoms with Gasteiger partial charge in [0, 0.05) is 17.6 Å². The van der Waals surface area contributed by atoms with Gasteiger partial charge in [0.1, 0.15) is 0 Å². The van der Waals surface area contributed by atoms with Crippen molar-refractivity contribution in [2.75, 3.05) is 5.32 Å². The summed E-state index contributed by atoms with van der Waals surface area (Å²) < 4.78 is 1.43. The second kappa shape index (κ2) is 11.5. The molecule has 0 saturated carbocycles. The van der Waals surface area contributed by atoms with Gasteiger partial charge in [0.15, 0.2) is 10.9 Å². The summed E-state index contributed by atoms with van der Waals surface area (Å²) in [5.41, 5.74) is 7.16. The zero-order chi connectivity index (χ0) is 26.3. The molecule has 0 radical (unpaired) electrons. The van der Waals surface area contributed by atoms with Crippen LogP contribution in [0.25, 0.3) is 16.5 Å². The highest BCUT2D eigenvalue weighted by Crippen LogP contribution is 2.23. The van der Waals surface area contributed by atoms with Crippen molar-refractivity contribution in [2.24, 2.45) is 5.10 Å². The van der Waals surface area contributed by atoms with E-state index in [9.17, 15) is 4.79 Å². The molecule has 8 heteroatoms. The van der Waals surface area contributed by atoms with Gasteiger partial charge in [-0.2, -0.15) is 9.78 Å². The molecule has 0 saturated heterocycles. The maximum absolute atomic E-state index is 13.1. The first-order valence-electron chi connectivity index (χ1n) is 12.2. The summed E-state index contributed by atoms with van der Waals surface area (Å²) in [7, 11) is 0. The minimum Gasteiger partial charge on any atom is -0.357 e. The van der Waals surface area contributed by atoms with Crippen LogP contribution in [0.4, 0.5) is 11.5 Å². The quantitative estimate of drug-likeness (QED) is 0.150. The third-order valence-corrected chi connectivity index (χ3v) is 6.23. The Morgan fingerprint density at radius 2 is 1.47 bits per heavy atom. The van der Waals surface area contributed by atoms with E-state index in [2.05, 4.69) is 26.3 Å². The predicted molar refractivity (Wildman–Crippen MR) is 158 cm³/mol. The number of rotatable bonds is 7. The standard InChI is InChI=1S/C30H26N6OS/c1-21(33-34-30(38)31-20-22-10-4-2-5-11-22)23-16-18-24(19-17-23)32-28-26-14-8-9-15-27(26)29(37)36(35-28)25-12-6-3-7-13-25/h2-19H,20H2,1H3,(H,32,35)(H2,31,34,38)/b33-21+. The van der Waals surface area contributed by atoms with Crippen LogP contribution in [0.3, 0.4) is 0 Å². The van der Waals surface area contributed by atoms with Crippen molar-refractivity contribution < 1.29 is 0 Å². The van der Waals surface area contributed by atoms with Crippen molar-refractivity contribution in [3.63, 3.8) is 0 Å². The van der Waals surface area contributed by atoms with Crippen molar-refractivity contribution in [3.8, 4) is 5.69 Å². The lowest BCUT2D eigenvalue weighted by Gasteiger charge is -2.13. The second-order valence-corrected chi connectivity index (χ2v) is 9.03. The maximum Gasteiger partial charge on any atom is 0.279 e. The Bertz CT molecular complexity index is 1650. The lowest BCUT2D eigenvalue weighted by Crippen LogP contribution is -2.32. The molecular weight excluding hydrogens is 492 g/mol. The van der Waals surface area contributed by atoms with E-state index in [1.807, 2.05) is 116 Å². The monoisotopic (exact) mass is 518 g/mol. The summed E-state index contributed by atoms with van der Waals surface area (Å²) in [6.07, 6.45) is 0. The van der Waals surface area contributed by atoms with Crippen molar-refractivity contribution in [1.82, 2.24) is 20.5 Å². The molecule has 0 aliphatic carbocycles. The maximum atomic E-state index is 13.1. The Morgan fingerprint density at radius 1 is 0.842 bits per heavy atom. The number of hydrogen-bond donors (Lipinski definition) is 3. The van der Waals surface area contributed by atoms with E-state index in [1.165, 1.54) is 4.68 Å². The summed E-state index contributed by atoms with van der Waals surface area (Å²) in [6, 6.07) is 34.8. The summed E-state index contributed by atoms with van der Waals surface area (Å²) in [5.74, 6) is 0.596. The molecule has 0 bridgehead atoms. The van der Waals surface area contributed by atoms with E-state index in [-0.39, 0.29) is 5.56 Å². The van der Waals surface area contributed by atoms with Crippen molar-refractivity contribution >= 4 is 45.3 Å². The molecular formula is C30H26N6OS. The average molecular weight is 519 g/mol. The molecule has 0 spiro atoms. The molecule has 0 amide bonds. The molecule has 0 fully saturated rings. The first kappa shape index (κ1) is 24.9. The highest BCUT2D eigenvalue weighted by atomic mass is 32.1. The molecule has 7 nitrogen and oxygen atoms in total. The molecule has 0 aliphatic rings. The van der Waals surface area contributed by atoms with Gasteiger partial charge in [-0.15, -0.1) is 5.10 Å². The largest absolute Gasteiger partial charge is 0.357 e. The SMILES string of the molecule is C/C(=N\NC(=S)NCc1ccccc1)c1ccc(Nc2nn(-c3ccccc3)c(=O)c3ccccc23)cc1. The van der Waals surface area contributed by atoms with E-state index >= 15 is 0 Å². The number of anilines is 2. The van der Waals surface area contributed by atoms with Crippen LogP contribution in [-0.2, 0) is 6.54 Å². The van der Waals surface area contributed by atoms with Crippen LogP contribution < -0.4 is 21.6 Å². The van der Waals surface area contributed by atoms with E-state index in [4.69, 9.17) is 12.2 Å². The third-order valence-electron chi connectivity index (χ3n) is 5.99. The first-order valence-corrected chi connectivity index (χ1v) is 12.6. The number of hydrogen-bond acceptors (Lipinski definition) is 5. The molecule has 3 N–H and O–H groups in total. The third kappa shape index (κ3) is 5.77. The predicted octanol–water partition coefficient (Wildman–Crippen LogP) is 5.52. The Morgan fingerprint density at radius 3 is 2.18 bits per heavy atom. The summed E-state index contributed by atoms with van der Waals surface area (Å²) >= 11 is 5.34. The summed E-state index contributed by atoms with van der Waals surface area (Å²) in [5, 5.41) is 17.4. The number of para-hydroxylation sites is 1. The van der Waals surface area contributed by atoms with Gasteiger partial charge in [0.25, 0.3) is 5.56 Å². The second-order valence-electron chi connectivity index (χ2n) is 8.63. The average Bonchev–Trinajstić information content (AvgIpc) is 2.97. The van der Waals surface area contributed by atoms with Crippen molar-refractivity contribution in [1.29, 1.82) is 0 Å². The van der Waals surface area contributed by atoms with E-state index < -0.39 is 0 Å².